The molecule has 3 atom stereocenters. The molecule has 1 saturated heterocycles. The van der Waals surface area contributed by atoms with Gasteiger partial charge in [-0.3, -0.25) is 19.7 Å². The number of hydrogen-bond acceptors (Lipinski definition) is 5. The Hall–Kier alpha value is -2.44. The number of fused-ring (bicyclic) bond motifs is 1. The summed E-state index contributed by atoms with van der Waals surface area (Å²) < 4.78 is 0. The first kappa shape index (κ1) is 19.9. The van der Waals surface area contributed by atoms with E-state index in [2.05, 4.69) is 6.92 Å². The summed E-state index contributed by atoms with van der Waals surface area (Å²) in [5, 5.41) is 11.8. The summed E-state index contributed by atoms with van der Waals surface area (Å²) in [6.45, 7) is 2.11. The van der Waals surface area contributed by atoms with E-state index in [1.165, 1.54) is 17.4 Å². The third-order valence-electron chi connectivity index (χ3n) is 7.10. The summed E-state index contributed by atoms with van der Waals surface area (Å²) in [6.07, 6.45) is 7.93. The molecule has 0 spiro atoms. The number of nitro benzene ring substituents is 1. The Labute approximate surface area is 171 Å². The number of benzene rings is 1. The fourth-order valence-corrected chi connectivity index (χ4v) is 5.40. The van der Waals surface area contributed by atoms with E-state index < -0.39 is 4.92 Å². The molecule has 1 aliphatic heterocycles. The number of imide groups is 1. The Kier molecular flexibility index (Phi) is 5.32. The highest BCUT2D eigenvalue weighted by Crippen LogP contribution is 2.43. The first-order valence-corrected chi connectivity index (χ1v) is 10.8. The van der Waals surface area contributed by atoms with Gasteiger partial charge in [0.25, 0.3) is 5.69 Å². The van der Waals surface area contributed by atoms with Gasteiger partial charge in [0.15, 0.2) is 0 Å². The molecule has 1 aromatic carbocycles. The Morgan fingerprint density at radius 3 is 2.41 bits per heavy atom. The molecule has 1 heterocycles. The predicted octanol–water partition coefficient (Wildman–Crippen LogP) is 4.29. The Morgan fingerprint density at radius 2 is 1.72 bits per heavy atom. The van der Waals surface area contributed by atoms with E-state index in [4.69, 9.17) is 0 Å². The third-order valence-corrected chi connectivity index (χ3v) is 7.10. The summed E-state index contributed by atoms with van der Waals surface area (Å²) >= 11 is 0. The smallest absolute Gasteiger partial charge is 0.294 e. The van der Waals surface area contributed by atoms with Crippen molar-refractivity contribution in [1.82, 2.24) is 0 Å². The number of carbonyl (C=O) groups is 2. The van der Waals surface area contributed by atoms with Crippen molar-refractivity contribution in [3.63, 3.8) is 0 Å². The zero-order valence-electron chi connectivity index (χ0n) is 17.2. The quantitative estimate of drug-likeness (QED) is 0.428. The van der Waals surface area contributed by atoms with Crippen LogP contribution in [0.25, 0.3) is 0 Å². The summed E-state index contributed by atoms with van der Waals surface area (Å²) in [4.78, 5) is 40.5. The standard InChI is InChI=1S/C22H29N3O4/c1-14-8-10-17-18(12-14)22(27)24(21(17)26)16-9-11-19(20(13-16)25(28)29)23(2)15-6-4-3-5-7-15/h9,11,13-15,17-18H,3-8,10,12H2,1-2H3/t14-,17-,18+/m1/s1. The molecule has 0 bridgehead atoms. The summed E-state index contributed by atoms with van der Waals surface area (Å²) in [7, 11) is 1.90. The van der Waals surface area contributed by atoms with Crippen LogP contribution in [0.3, 0.4) is 0 Å². The van der Waals surface area contributed by atoms with Gasteiger partial charge < -0.3 is 4.90 Å². The highest BCUT2D eigenvalue weighted by Gasteiger charge is 2.50. The zero-order chi connectivity index (χ0) is 20.7. The fraction of sp³-hybridized carbons (Fsp3) is 0.636. The van der Waals surface area contributed by atoms with Crippen LogP contribution in [0.2, 0.25) is 0 Å². The van der Waals surface area contributed by atoms with Gasteiger partial charge in [0.2, 0.25) is 11.8 Å². The molecule has 156 valence electrons. The van der Waals surface area contributed by atoms with Crippen molar-refractivity contribution < 1.29 is 14.5 Å². The summed E-state index contributed by atoms with van der Waals surface area (Å²) in [5.41, 5.74) is 0.838. The third kappa shape index (κ3) is 3.51. The van der Waals surface area contributed by atoms with Gasteiger partial charge in [-0.2, -0.15) is 0 Å². The van der Waals surface area contributed by atoms with E-state index in [9.17, 15) is 19.7 Å². The minimum Gasteiger partial charge on any atom is -0.366 e. The molecule has 0 aromatic heterocycles. The molecule has 3 fully saturated rings. The number of amides is 2. The first-order valence-electron chi connectivity index (χ1n) is 10.8. The summed E-state index contributed by atoms with van der Waals surface area (Å²) in [5.74, 6) is -0.533. The number of carbonyl (C=O) groups excluding carboxylic acids is 2. The van der Waals surface area contributed by atoms with Crippen LogP contribution >= 0.6 is 0 Å². The van der Waals surface area contributed by atoms with Crippen LogP contribution in [0.15, 0.2) is 18.2 Å². The maximum Gasteiger partial charge on any atom is 0.294 e. The van der Waals surface area contributed by atoms with Crippen molar-refractivity contribution in [1.29, 1.82) is 0 Å². The van der Waals surface area contributed by atoms with E-state index in [0.29, 0.717) is 17.3 Å². The van der Waals surface area contributed by atoms with Crippen molar-refractivity contribution in [2.45, 2.75) is 64.3 Å². The normalized spacial score (nSPS) is 27.8. The van der Waals surface area contributed by atoms with E-state index in [-0.39, 0.29) is 35.4 Å². The van der Waals surface area contributed by atoms with Gasteiger partial charge in [-0.05, 0) is 50.2 Å². The van der Waals surface area contributed by atoms with Crippen LogP contribution in [0.4, 0.5) is 17.1 Å². The minimum atomic E-state index is -0.404. The van der Waals surface area contributed by atoms with Gasteiger partial charge in [0.1, 0.15) is 5.69 Å². The molecule has 2 amide bonds. The van der Waals surface area contributed by atoms with Crippen molar-refractivity contribution in [2.24, 2.45) is 17.8 Å². The highest BCUT2D eigenvalue weighted by atomic mass is 16.6. The van der Waals surface area contributed by atoms with Crippen LogP contribution in [0.5, 0.6) is 0 Å². The molecule has 0 unspecified atom stereocenters. The molecule has 7 nitrogen and oxygen atoms in total. The molecule has 0 N–H and O–H groups in total. The molecule has 4 rings (SSSR count). The Morgan fingerprint density at radius 1 is 1.03 bits per heavy atom. The Balaban J connectivity index is 1.65. The lowest BCUT2D eigenvalue weighted by Crippen LogP contribution is -2.34. The zero-order valence-corrected chi connectivity index (χ0v) is 17.2. The lowest BCUT2D eigenvalue weighted by atomic mass is 9.76. The minimum absolute atomic E-state index is 0.0422. The number of anilines is 2. The van der Waals surface area contributed by atoms with Crippen molar-refractivity contribution in [2.75, 3.05) is 16.8 Å². The fourth-order valence-electron chi connectivity index (χ4n) is 5.40. The van der Waals surface area contributed by atoms with E-state index in [1.54, 1.807) is 12.1 Å². The number of nitrogens with zero attached hydrogens (tertiary/aromatic N) is 3. The lowest BCUT2D eigenvalue weighted by molar-refractivity contribution is -0.384. The Bertz CT molecular complexity index is 833. The van der Waals surface area contributed by atoms with Crippen molar-refractivity contribution in [3.05, 3.63) is 28.3 Å². The second kappa shape index (κ2) is 7.76. The van der Waals surface area contributed by atoms with Crippen LogP contribution in [-0.4, -0.2) is 29.8 Å². The van der Waals surface area contributed by atoms with Gasteiger partial charge in [-0.25, -0.2) is 4.90 Å². The molecule has 0 radical (unpaired) electrons. The monoisotopic (exact) mass is 399 g/mol. The molecule has 2 saturated carbocycles. The average molecular weight is 399 g/mol. The van der Waals surface area contributed by atoms with Gasteiger partial charge in [0.05, 0.1) is 22.4 Å². The SMILES string of the molecule is C[C@@H]1CC[C@H]2C(=O)N(c3ccc(N(C)C4CCCCC4)c([N+](=O)[O-])c3)C(=O)[C@H]2C1. The molecule has 1 aromatic rings. The van der Waals surface area contributed by atoms with E-state index in [1.807, 2.05) is 11.9 Å². The van der Waals surface area contributed by atoms with Crippen molar-refractivity contribution >= 4 is 28.9 Å². The largest absolute Gasteiger partial charge is 0.366 e. The van der Waals surface area contributed by atoms with Gasteiger partial charge in [-0.1, -0.05) is 26.2 Å². The molecule has 29 heavy (non-hydrogen) atoms. The molecular formula is C22H29N3O4. The van der Waals surface area contributed by atoms with Crippen LogP contribution < -0.4 is 9.80 Å². The van der Waals surface area contributed by atoms with Gasteiger partial charge >= 0.3 is 0 Å². The van der Waals surface area contributed by atoms with Crippen LogP contribution in [0, 0.1) is 27.9 Å². The second-order valence-electron chi connectivity index (χ2n) is 8.98. The average Bonchev–Trinajstić information content (AvgIpc) is 2.97. The van der Waals surface area contributed by atoms with E-state index >= 15 is 0 Å². The summed E-state index contributed by atoms with van der Waals surface area (Å²) in [6, 6.07) is 5.09. The van der Waals surface area contributed by atoms with Gasteiger partial charge in [0, 0.05) is 19.2 Å². The highest BCUT2D eigenvalue weighted by molar-refractivity contribution is 6.22. The maximum atomic E-state index is 13.0. The molecule has 3 aliphatic rings. The molecular weight excluding hydrogens is 370 g/mol. The van der Waals surface area contributed by atoms with Crippen LogP contribution in [-0.2, 0) is 9.59 Å². The van der Waals surface area contributed by atoms with Gasteiger partial charge in [-0.15, -0.1) is 0 Å². The molecule has 2 aliphatic carbocycles. The lowest BCUT2D eigenvalue weighted by Gasteiger charge is -2.32. The number of rotatable bonds is 4. The van der Waals surface area contributed by atoms with Crippen molar-refractivity contribution in [3.8, 4) is 0 Å². The predicted molar refractivity (Wildman–Crippen MR) is 111 cm³/mol. The maximum absolute atomic E-state index is 13.0. The second-order valence-corrected chi connectivity index (χ2v) is 8.98. The molecule has 7 heteroatoms. The topological polar surface area (TPSA) is 83.8 Å². The first-order chi connectivity index (χ1) is 13.9. The number of nitro groups is 1. The van der Waals surface area contributed by atoms with Crippen LogP contribution in [0.1, 0.15) is 58.3 Å². The van der Waals surface area contributed by atoms with E-state index in [0.717, 1.165) is 44.9 Å². The number of hydrogen-bond donors (Lipinski definition) is 0.